The SMILES string of the molecule is CC(C=CC1=C(C)CCCC1(C)C)=CC=CC(C)=CCOC(=O)CCC(=O)Oc1c(C)c(C)c2c(c1C)CCC(C)(CCCC(C)CCCC(C)CC(C)C)O2. The van der Waals surface area contributed by atoms with Crippen LogP contribution in [-0.2, 0) is 20.7 Å². The second-order valence-corrected chi connectivity index (χ2v) is 18.9. The average Bonchev–Trinajstić information content (AvgIpc) is 3.10. The van der Waals surface area contributed by atoms with Crippen molar-refractivity contribution in [3.8, 4) is 11.5 Å². The van der Waals surface area contributed by atoms with Crippen LogP contribution in [0, 0.1) is 43.9 Å². The van der Waals surface area contributed by atoms with Crippen LogP contribution >= 0.6 is 0 Å². The third-order valence-electron chi connectivity index (χ3n) is 12.4. The second-order valence-electron chi connectivity index (χ2n) is 18.9. The number of fused-ring (bicyclic) bond motifs is 1. The van der Waals surface area contributed by atoms with E-state index in [4.69, 9.17) is 14.2 Å². The molecular formula is C51H78O5. The van der Waals surface area contributed by atoms with Gasteiger partial charge in [-0.3, -0.25) is 9.59 Å². The summed E-state index contributed by atoms with van der Waals surface area (Å²) in [5.41, 5.74) is 9.20. The van der Waals surface area contributed by atoms with Gasteiger partial charge < -0.3 is 14.2 Å². The highest BCUT2D eigenvalue weighted by Crippen LogP contribution is 2.45. The summed E-state index contributed by atoms with van der Waals surface area (Å²) < 4.78 is 18.1. The summed E-state index contributed by atoms with van der Waals surface area (Å²) in [6, 6.07) is 0. The summed E-state index contributed by atoms with van der Waals surface area (Å²) >= 11 is 0. The Hall–Kier alpha value is -3.34. The molecule has 56 heavy (non-hydrogen) atoms. The molecule has 312 valence electrons. The van der Waals surface area contributed by atoms with Gasteiger partial charge in [-0.05, 0) is 151 Å². The number of esters is 2. The molecule has 5 heteroatoms. The minimum Gasteiger partial charge on any atom is -0.487 e. The van der Waals surface area contributed by atoms with E-state index in [1.54, 1.807) is 0 Å². The molecule has 1 aromatic rings. The zero-order chi connectivity index (χ0) is 41.6. The van der Waals surface area contributed by atoms with Gasteiger partial charge >= 0.3 is 11.9 Å². The monoisotopic (exact) mass is 771 g/mol. The Bertz CT molecular complexity index is 1650. The maximum Gasteiger partial charge on any atom is 0.311 e. The predicted molar refractivity (Wildman–Crippen MR) is 235 cm³/mol. The molecule has 0 aromatic heterocycles. The number of carbonyl (C=O) groups excluding carboxylic acids is 2. The van der Waals surface area contributed by atoms with Crippen molar-refractivity contribution >= 4 is 11.9 Å². The van der Waals surface area contributed by atoms with Crippen LogP contribution in [0.5, 0.6) is 11.5 Å². The lowest BCUT2D eigenvalue weighted by Gasteiger charge is -2.38. The van der Waals surface area contributed by atoms with Crippen LogP contribution in [0.2, 0.25) is 0 Å². The number of benzene rings is 1. The quantitative estimate of drug-likeness (QED) is 0.0751. The zero-order valence-electron chi connectivity index (χ0n) is 37.8. The molecule has 0 saturated heterocycles. The topological polar surface area (TPSA) is 61.8 Å². The highest BCUT2D eigenvalue weighted by Gasteiger charge is 2.35. The van der Waals surface area contributed by atoms with Crippen LogP contribution in [0.3, 0.4) is 0 Å². The van der Waals surface area contributed by atoms with Gasteiger partial charge in [-0.1, -0.05) is 114 Å². The fourth-order valence-electron chi connectivity index (χ4n) is 8.72. The lowest BCUT2D eigenvalue weighted by molar-refractivity contribution is -0.146. The van der Waals surface area contributed by atoms with E-state index in [1.807, 2.05) is 39.0 Å². The van der Waals surface area contributed by atoms with E-state index in [0.29, 0.717) is 5.75 Å². The first-order valence-electron chi connectivity index (χ1n) is 21.9. The van der Waals surface area contributed by atoms with E-state index < -0.39 is 11.9 Å². The van der Waals surface area contributed by atoms with Crippen molar-refractivity contribution in [1.82, 2.24) is 0 Å². The third kappa shape index (κ3) is 14.9. The summed E-state index contributed by atoms with van der Waals surface area (Å²) in [6.07, 6.45) is 26.7. The average molecular weight is 771 g/mol. The first-order valence-corrected chi connectivity index (χ1v) is 21.9. The first kappa shape index (κ1) is 47.0. The molecule has 5 nitrogen and oxygen atoms in total. The highest BCUT2D eigenvalue weighted by atomic mass is 16.5. The smallest absolute Gasteiger partial charge is 0.311 e. The summed E-state index contributed by atoms with van der Waals surface area (Å²) in [5, 5.41) is 0. The van der Waals surface area contributed by atoms with Crippen LogP contribution in [0.4, 0.5) is 0 Å². The summed E-state index contributed by atoms with van der Waals surface area (Å²) in [4.78, 5) is 25.5. The Kier molecular flexibility index (Phi) is 18.5. The van der Waals surface area contributed by atoms with Crippen molar-refractivity contribution in [2.24, 2.45) is 23.2 Å². The van der Waals surface area contributed by atoms with E-state index in [0.717, 1.165) is 70.6 Å². The molecule has 0 amide bonds. The summed E-state index contributed by atoms with van der Waals surface area (Å²) in [7, 11) is 0. The molecule has 1 aliphatic carbocycles. The molecule has 1 heterocycles. The van der Waals surface area contributed by atoms with Gasteiger partial charge in [0.25, 0.3) is 0 Å². The predicted octanol–water partition coefficient (Wildman–Crippen LogP) is 14.1. The molecule has 3 atom stereocenters. The largest absolute Gasteiger partial charge is 0.487 e. The van der Waals surface area contributed by atoms with E-state index >= 15 is 0 Å². The van der Waals surface area contributed by atoms with Gasteiger partial charge in [-0.15, -0.1) is 0 Å². The van der Waals surface area contributed by atoms with Crippen LogP contribution < -0.4 is 9.47 Å². The number of rotatable bonds is 20. The normalized spacial score (nSPS) is 20.0. The fraction of sp³-hybridized carbons (Fsp3) is 0.647. The molecule has 1 aliphatic heterocycles. The van der Waals surface area contributed by atoms with Crippen molar-refractivity contribution in [3.63, 3.8) is 0 Å². The zero-order valence-corrected chi connectivity index (χ0v) is 37.8. The molecule has 0 spiro atoms. The third-order valence-corrected chi connectivity index (χ3v) is 12.4. The van der Waals surface area contributed by atoms with E-state index in [-0.39, 0.29) is 30.5 Å². The number of hydrogen-bond donors (Lipinski definition) is 0. The Labute approximate surface area is 342 Å². The van der Waals surface area contributed by atoms with Crippen LogP contribution in [0.15, 0.2) is 58.7 Å². The summed E-state index contributed by atoms with van der Waals surface area (Å²) in [6.45, 7) is 29.0. The molecule has 0 bridgehead atoms. The van der Waals surface area contributed by atoms with Crippen molar-refractivity contribution in [3.05, 3.63) is 81.0 Å². The number of hydrogen-bond acceptors (Lipinski definition) is 5. The van der Waals surface area contributed by atoms with Crippen LogP contribution in [-0.4, -0.2) is 24.1 Å². The number of ether oxygens (including phenoxy) is 3. The second kappa shape index (κ2) is 22.0. The molecule has 0 N–H and O–H groups in total. The Morgan fingerprint density at radius 3 is 2.18 bits per heavy atom. The Morgan fingerprint density at radius 1 is 0.804 bits per heavy atom. The molecule has 3 unspecified atom stereocenters. The number of carbonyl (C=O) groups is 2. The maximum atomic E-state index is 13.0. The van der Waals surface area contributed by atoms with Crippen LogP contribution in [0.25, 0.3) is 0 Å². The molecule has 3 rings (SSSR count). The minimum absolute atomic E-state index is 0.0259. The molecule has 0 saturated carbocycles. The molecular weight excluding hydrogens is 693 g/mol. The van der Waals surface area contributed by atoms with Gasteiger partial charge in [-0.2, -0.15) is 0 Å². The van der Waals surface area contributed by atoms with E-state index in [1.165, 1.54) is 74.5 Å². The molecule has 0 radical (unpaired) electrons. The van der Waals surface area contributed by atoms with E-state index in [9.17, 15) is 9.59 Å². The Morgan fingerprint density at radius 2 is 1.48 bits per heavy atom. The van der Waals surface area contributed by atoms with Gasteiger partial charge in [0, 0.05) is 5.56 Å². The van der Waals surface area contributed by atoms with Crippen LogP contribution in [0.1, 0.15) is 175 Å². The summed E-state index contributed by atoms with van der Waals surface area (Å²) in [5.74, 6) is 3.06. The van der Waals surface area contributed by atoms with Crippen molar-refractivity contribution in [2.45, 2.75) is 186 Å². The highest BCUT2D eigenvalue weighted by molar-refractivity contribution is 5.80. The van der Waals surface area contributed by atoms with Gasteiger partial charge in [0.1, 0.15) is 23.7 Å². The minimum atomic E-state index is -0.429. The maximum absolute atomic E-state index is 13.0. The molecule has 1 aromatic carbocycles. The molecule has 0 fully saturated rings. The Balaban J connectivity index is 1.44. The standard InChI is InChI=1S/C51H78O5/c1-35(2)34-39(6)21-15-18-36(3)22-16-31-51(13)32-28-44-43(10)48(41(8)42(9)49(44)56-51)55-47(53)27-26-46(52)54-33-29-38(5)20-14-19-37(4)24-25-45-40(7)23-17-30-50(45,11)12/h14,19-20,24-25,29,35-36,39H,15-18,21-23,26-28,30-34H2,1-13H3. The van der Waals surface area contributed by atoms with Crippen molar-refractivity contribution in [2.75, 3.05) is 6.61 Å². The lowest BCUT2D eigenvalue weighted by Crippen LogP contribution is -2.37. The van der Waals surface area contributed by atoms with Crippen molar-refractivity contribution < 1.29 is 23.8 Å². The fourth-order valence-corrected chi connectivity index (χ4v) is 8.72. The molecule has 2 aliphatic rings. The van der Waals surface area contributed by atoms with E-state index in [2.05, 4.69) is 87.5 Å². The van der Waals surface area contributed by atoms with Gasteiger partial charge in [0.15, 0.2) is 0 Å². The number of allylic oxidation sites excluding steroid dienone is 9. The van der Waals surface area contributed by atoms with Gasteiger partial charge in [0.05, 0.1) is 12.8 Å². The lowest BCUT2D eigenvalue weighted by atomic mass is 9.72. The van der Waals surface area contributed by atoms with Crippen molar-refractivity contribution in [1.29, 1.82) is 0 Å². The first-order chi connectivity index (χ1) is 26.3. The van der Waals surface area contributed by atoms with Gasteiger partial charge in [0.2, 0.25) is 0 Å². The van der Waals surface area contributed by atoms with Gasteiger partial charge in [-0.25, -0.2) is 0 Å².